The summed E-state index contributed by atoms with van der Waals surface area (Å²) >= 11 is 5.28. The topological polar surface area (TPSA) is 12.0 Å². The molecule has 0 unspecified atom stereocenters. The minimum Gasteiger partial charge on any atom is -0.384 e. The molecule has 0 saturated heterocycles. The van der Waals surface area contributed by atoms with Crippen molar-refractivity contribution in [3.05, 3.63) is 58.8 Å². The molecule has 0 aliphatic heterocycles. The van der Waals surface area contributed by atoms with Gasteiger partial charge in [0.2, 0.25) is 0 Å². The Bertz CT molecular complexity index is 519. The molecule has 0 atom stereocenters. The van der Waals surface area contributed by atoms with Gasteiger partial charge in [0.15, 0.2) is 0 Å². The predicted octanol–water partition coefficient (Wildman–Crippen LogP) is 4.79. The van der Waals surface area contributed by atoms with E-state index in [0.29, 0.717) is 0 Å². The molecule has 0 bridgehead atoms. The average molecular weight is 326 g/mol. The number of halogens is 2. The second-order valence-corrected chi connectivity index (χ2v) is 5.71. The molecule has 0 spiro atoms. The van der Waals surface area contributed by atoms with Crippen LogP contribution in [0.15, 0.2) is 57.9 Å². The monoisotopic (exact) mass is 325 g/mol. The van der Waals surface area contributed by atoms with Crippen molar-refractivity contribution < 1.29 is 4.39 Å². The Balaban J connectivity index is 1.78. The highest BCUT2D eigenvalue weighted by atomic mass is 79.9. The maximum absolute atomic E-state index is 12.9. The van der Waals surface area contributed by atoms with Crippen molar-refractivity contribution in [3.63, 3.8) is 0 Å². The fourth-order valence-corrected chi connectivity index (χ4v) is 2.95. The van der Waals surface area contributed by atoms with E-state index in [1.165, 1.54) is 17.0 Å². The third-order valence-electron chi connectivity index (χ3n) is 2.35. The van der Waals surface area contributed by atoms with Gasteiger partial charge in [-0.3, -0.25) is 0 Å². The molecule has 0 aliphatic carbocycles. The molecular formula is C14H13BrFNS. The quantitative estimate of drug-likeness (QED) is 0.626. The predicted molar refractivity (Wildman–Crippen MR) is 79.8 cm³/mol. The minimum atomic E-state index is -0.210. The Labute approximate surface area is 119 Å². The third kappa shape index (κ3) is 4.03. The second kappa shape index (κ2) is 6.81. The Hall–Kier alpha value is -1.00. The number of rotatable bonds is 5. The van der Waals surface area contributed by atoms with Crippen LogP contribution in [0.2, 0.25) is 0 Å². The van der Waals surface area contributed by atoms with E-state index < -0.39 is 0 Å². The number of benzene rings is 2. The molecule has 2 aromatic carbocycles. The SMILES string of the molecule is Fc1cccc(NCCSc2ccccc2Br)c1. The first-order valence-corrected chi connectivity index (χ1v) is 7.40. The molecule has 2 aromatic rings. The van der Waals surface area contributed by atoms with Crippen LogP contribution in [-0.4, -0.2) is 12.3 Å². The smallest absolute Gasteiger partial charge is 0.125 e. The lowest BCUT2D eigenvalue weighted by Gasteiger charge is -2.07. The number of thioether (sulfide) groups is 1. The fraction of sp³-hybridized carbons (Fsp3) is 0.143. The van der Waals surface area contributed by atoms with Gasteiger partial charge in [-0.2, -0.15) is 0 Å². The number of hydrogen-bond donors (Lipinski definition) is 1. The van der Waals surface area contributed by atoms with Crippen LogP contribution in [0.1, 0.15) is 0 Å². The van der Waals surface area contributed by atoms with Gasteiger partial charge >= 0.3 is 0 Å². The van der Waals surface area contributed by atoms with E-state index in [1.54, 1.807) is 17.8 Å². The van der Waals surface area contributed by atoms with Gasteiger partial charge in [0.25, 0.3) is 0 Å². The average Bonchev–Trinajstić information content (AvgIpc) is 2.37. The molecule has 1 N–H and O–H groups in total. The van der Waals surface area contributed by atoms with Gasteiger partial charge in [-0.1, -0.05) is 18.2 Å². The lowest BCUT2D eigenvalue weighted by Crippen LogP contribution is -2.04. The Morgan fingerprint density at radius 3 is 2.72 bits per heavy atom. The summed E-state index contributed by atoms with van der Waals surface area (Å²) in [6, 6.07) is 14.7. The van der Waals surface area contributed by atoms with Crippen molar-refractivity contribution >= 4 is 33.4 Å². The molecule has 0 amide bonds. The molecular weight excluding hydrogens is 313 g/mol. The van der Waals surface area contributed by atoms with Gasteiger partial charge in [-0.15, -0.1) is 11.8 Å². The zero-order valence-electron chi connectivity index (χ0n) is 9.70. The van der Waals surface area contributed by atoms with E-state index >= 15 is 0 Å². The zero-order valence-corrected chi connectivity index (χ0v) is 12.1. The molecule has 0 aliphatic rings. The normalized spacial score (nSPS) is 10.3. The van der Waals surface area contributed by atoms with E-state index in [0.717, 1.165) is 22.5 Å². The van der Waals surface area contributed by atoms with E-state index in [-0.39, 0.29) is 5.82 Å². The van der Waals surface area contributed by atoms with Crippen molar-refractivity contribution in [2.75, 3.05) is 17.6 Å². The molecule has 0 radical (unpaired) electrons. The van der Waals surface area contributed by atoms with Crippen LogP contribution < -0.4 is 5.32 Å². The molecule has 0 heterocycles. The second-order valence-electron chi connectivity index (χ2n) is 3.72. The molecule has 0 aromatic heterocycles. The molecule has 1 nitrogen and oxygen atoms in total. The molecule has 18 heavy (non-hydrogen) atoms. The van der Waals surface area contributed by atoms with Crippen molar-refractivity contribution in [3.8, 4) is 0 Å². The zero-order chi connectivity index (χ0) is 12.8. The molecule has 0 fully saturated rings. The third-order valence-corrected chi connectivity index (χ3v) is 4.38. The first-order chi connectivity index (χ1) is 8.75. The van der Waals surface area contributed by atoms with E-state index in [1.807, 2.05) is 24.3 Å². The van der Waals surface area contributed by atoms with Crippen LogP contribution in [0, 0.1) is 5.82 Å². The number of hydrogen-bond acceptors (Lipinski definition) is 2. The standard InChI is InChI=1S/C14H13BrFNS/c15-13-6-1-2-7-14(13)18-9-8-17-12-5-3-4-11(16)10-12/h1-7,10,17H,8-9H2. The summed E-state index contributed by atoms with van der Waals surface area (Å²) in [4.78, 5) is 1.22. The number of nitrogens with one attached hydrogen (secondary N) is 1. The highest BCUT2D eigenvalue weighted by Crippen LogP contribution is 2.26. The number of anilines is 1. The minimum absolute atomic E-state index is 0.210. The van der Waals surface area contributed by atoms with Crippen molar-refractivity contribution in [1.82, 2.24) is 0 Å². The van der Waals surface area contributed by atoms with Crippen LogP contribution in [0.3, 0.4) is 0 Å². The van der Waals surface area contributed by atoms with Gasteiger partial charge in [0.1, 0.15) is 5.82 Å². The molecule has 0 saturated carbocycles. The van der Waals surface area contributed by atoms with Gasteiger partial charge in [-0.05, 0) is 46.3 Å². The molecule has 94 valence electrons. The van der Waals surface area contributed by atoms with Crippen LogP contribution in [-0.2, 0) is 0 Å². The Morgan fingerprint density at radius 2 is 1.94 bits per heavy atom. The Kier molecular flexibility index (Phi) is 5.08. The summed E-state index contributed by atoms with van der Waals surface area (Å²) in [5.74, 6) is 0.720. The maximum atomic E-state index is 12.9. The van der Waals surface area contributed by atoms with Crippen LogP contribution >= 0.6 is 27.7 Å². The summed E-state index contributed by atoms with van der Waals surface area (Å²) in [7, 11) is 0. The molecule has 2 rings (SSSR count). The lowest BCUT2D eigenvalue weighted by atomic mass is 10.3. The van der Waals surface area contributed by atoms with Crippen molar-refractivity contribution in [2.24, 2.45) is 0 Å². The van der Waals surface area contributed by atoms with Crippen molar-refractivity contribution in [2.45, 2.75) is 4.90 Å². The first-order valence-electron chi connectivity index (χ1n) is 5.62. The largest absolute Gasteiger partial charge is 0.384 e. The lowest BCUT2D eigenvalue weighted by molar-refractivity contribution is 0.628. The fourth-order valence-electron chi connectivity index (χ4n) is 1.52. The van der Waals surface area contributed by atoms with E-state index in [9.17, 15) is 4.39 Å². The first kappa shape index (κ1) is 13.4. The Morgan fingerprint density at radius 1 is 1.11 bits per heavy atom. The summed E-state index contributed by atoms with van der Waals surface area (Å²) < 4.78 is 14.1. The highest BCUT2D eigenvalue weighted by Gasteiger charge is 1.99. The highest BCUT2D eigenvalue weighted by molar-refractivity contribution is 9.10. The van der Waals surface area contributed by atoms with Gasteiger partial charge < -0.3 is 5.32 Å². The summed E-state index contributed by atoms with van der Waals surface area (Å²) in [6.45, 7) is 0.801. The van der Waals surface area contributed by atoms with Crippen LogP contribution in [0.5, 0.6) is 0 Å². The van der Waals surface area contributed by atoms with Crippen LogP contribution in [0.25, 0.3) is 0 Å². The summed E-state index contributed by atoms with van der Waals surface area (Å²) in [6.07, 6.45) is 0. The molecule has 4 heteroatoms. The van der Waals surface area contributed by atoms with Crippen LogP contribution in [0.4, 0.5) is 10.1 Å². The maximum Gasteiger partial charge on any atom is 0.125 e. The van der Waals surface area contributed by atoms with Gasteiger partial charge in [0.05, 0.1) is 0 Å². The van der Waals surface area contributed by atoms with Gasteiger partial charge in [-0.25, -0.2) is 4.39 Å². The summed E-state index contributed by atoms with van der Waals surface area (Å²) in [5.41, 5.74) is 0.822. The van der Waals surface area contributed by atoms with Crippen molar-refractivity contribution in [1.29, 1.82) is 0 Å². The summed E-state index contributed by atoms with van der Waals surface area (Å²) in [5, 5.41) is 3.20. The van der Waals surface area contributed by atoms with E-state index in [4.69, 9.17) is 0 Å². The van der Waals surface area contributed by atoms with Gasteiger partial charge in [0, 0.05) is 27.4 Å². The van der Waals surface area contributed by atoms with E-state index in [2.05, 4.69) is 27.3 Å².